The highest BCUT2D eigenvalue weighted by Crippen LogP contribution is 2.43. The van der Waals surface area contributed by atoms with Crippen LogP contribution in [0.4, 0.5) is 0 Å². The predicted octanol–water partition coefficient (Wildman–Crippen LogP) is 21.2. The van der Waals surface area contributed by atoms with Crippen molar-refractivity contribution >= 4 is 19.8 Å². The summed E-state index contributed by atoms with van der Waals surface area (Å²) in [5, 5.41) is 0. The average Bonchev–Trinajstić information content (AvgIpc) is 3.42. The summed E-state index contributed by atoms with van der Waals surface area (Å²) in [7, 11) is 1.45. The van der Waals surface area contributed by atoms with Gasteiger partial charge < -0.3 is 18.9 Å². The molecule has 0 aromatic heterocycles. The smallest absolute Gasteiger partial charge is 0.462 e. The van der Waals surface area contributed by atoms with Crippen LogP contribution < -0.4 is 0 Å². The zero-order chi connectivity index (χ0) is 58.4. The minimum Gasteiger partial charge on any atom is -0.462 e. The van der Waals surface area contributed by atoms with Gasteiger partial charge in [0.15, 0.2) is 6.10 Å². The summed E-state index contributed by atoms with van der Waals surface area (Å²) in [5.41, 5.74) is 0. The van der Waals surface area contributed by atoms with Crippen LogP contribution >= 0.6 is 7.82 Å². The van der Waals surface area contributed by atoms with Gasteiger partial charge in [-0.1, -0.05) is 272 Å². The summed E-state index contributed by atoms with van der Waals surface area (Å²) in [6.45, 7) is 4.30. The van der Waals surface area contributed by atoms with Crippen molar-refractivity contribution in [2.24, 2.45) is 0 Å². The third-order valence-electron chi connectivity index (χ3n) is 14.1. The predicted molar refractivity (Wildman–Crippen MR) is 344 cm³/mol. The fourth-order valence-corrected chi connectivity index (χ4v) is 9.79. The van der Waals surface area contributed by atoms with Crippen LogP contribution in [0.5, 0.6) is 0 Å². The van der Waals surface area contributed by atoms with Crippen molar-refractivity contribution in [3.8, 4) is 0 Å². The Morgan fingerprint density at radius 3 is 1.09 bits per heavy atom. The SMILES string of the molecule is CC/C=C\C/C=C\C/C=C\C/C=C\C/C=C\C/C=C\C/C=C\CCCCCC(=O)OC(COC(=O)CCCCCCCCCCCCCCCCCCCCC/C=C\CCCCCCCCCC)COP(=O)(O)OCC[N+](C)(C)C. The molecule has 9 nitrogen and oxygen atoms in total. The molecule has 0 spiro atoms. The lowest BCUT2D eigenvalue weighted by Gasteiger charge is -2.24. The summed E-state index contributed by atoms with van der Waals surface area (Å²) < 4.78 is 34.6. The first-order valence-corrected chi connectivity index (χ1v) is 34.5. The van der Waals surface area contributed by atoms with Crippen LogP contribution in [0.2, 0.25) is 0 Å². The summed E-state index contributed by atoms with van der Waals surface area (Å²) in [5.74, 6) is -0.832. The molecule has 0 aliphatic carbocycles. The van der Waals surface area contributed by atoms with Gasteiger partial charge in [0, 0.05) is 12.8 Å². The molecule has 0 rings (SSSR count). The molecule has 0 fully saturated rings. The molecule has 0 bridgehead atoms. The van der Waals surface area contributed by atoms with Crippen molar-refractivity contribution in [1.29, 1.82) is 0 Å². The van der Waals surface area contributed by atoms with E-state index in [1.807, 2.05) is 21.1 Å². The largest absolute Gasteiger partial charge is 0.472 e. The van der Waals surface area contributed by atoms with E-state index in [1.165, 1.54) is 167 Å². The third-order valence-corrected chi connectivity index (χ3v) is 15.1. The average molecular weight is 1140 g/mol. The van der Waals surface area contributed by atoms with E-state index in [0.29, 0.717) is 17.4 Å². The van der Waals surface area contributed by atoms with Crippen molar-refractivity contribution in [3.05, 3.63) is 97.2 Å². The molecule has 0 radical (unpaired) electrons. The van der Waals surface area contributed by atoms with Crippen molar-refractivity contribution in [2.45, 2.75) is 290 Å². The lowest BCUT2D eigenvalue weighted by atomic mass is 10.0. The molecular formula is C70H125NO8P+. The summed E-state index contributed by atoms with van der Waals surface area (Å²) >= 11 is 0. The highest BCUT2D eigenvalue weighted by atomic mass is 31.2. The zero-order valence-electron chi connectivity index (χ0n) is 52.5. The van der Waals surface area contributed by atoms with E-state index in [0.717, 1.165) is 83.5 Å². The summed E-state index contributed by atoms with van der Waals surface area (Å²) in [6.07, 6.45) is 83.6. The van der Waals surface area contributed by atoms with E-state index < -0.39 is 26.5 Å². The molecule has 462 valence electrons. The van der Waals surface area contributed by atoms with E-state index in [9.17, 15) is 19.0 Å². The molecule has 0 saturated heterocycles. The van der Waals surface area contributed by atoms with Gasteiger partial charge in [0.25, 0.3) is 0 Å². The number of phosphoric acid groups is 1. The number of esters is 2. The second kappa shape index (κ2) is 60.5. The number of allylic oxidation sites excluding steroid dienone is 16. The maximum atomic E-state index is 12.8. The van der Waals surface area contributed by atoms with Crippen LogP contribution in [0.1, 0.15) is 284 Å². The number of unbranched alkanes of at least 4 members (excludes halogenated alkanes) is 30. The van der Waals surface area contributed by atoms with Gasteiger partial charge >= 0.3 is 19.8 Å². The molecule has 2 unspecified atom stereocenters. The number of carbonyl (C=O) groups is 2. The maximum absolute atomic E-state index is 12.8. The minimum atomic E-state index is -4.40. The Bertz CT molecular complexity index is 1670. The molecule has 0 saturated carbocycles. The molecule has 2 atom stereocenters. The number of quaternary nitrogens is 1. The van der Waals surface area contributed by atoms with Gasteiger partial charge in [-0.15, -0.1) is 0 Å². The first-order chi connectivity index (χ1) is 39.0. The van der Waals surface area contributed by atoms with Crippen molar-refractivity contribution in [1.82, 2.24) is 0 Å². The molecule has 0 amide bonds. The van der Waals surface area contributed by atoms with Crippen LogP contribution in [0.25, 0.3) is 0 Å². The van der Waals surface area contributed by atoms with Crippen LogP contribution in [0.3, 0.4) is 0 Å². The number of rotatable bonds is 60. The number of likely N-dealkylation sites (N-methyl/N-ethyl adjacent to an activating group) is 1. The molecule has 0 aromatic carbocycles. The lowest BCUT2D eigenvalue weighted by molar-refractivity contribution is -0.870. The van der Waals surface area contributed by atoms with Crippen molar-refractivity contribution < 1.29 is 42.1 Å². The number of hydrogen-bond donors (Lipinski definition) is 1. The van der Waals surface area contributed by atoms with Crippen LogP contribution in [-0.4, -0.2) is 74.9 Å². The van der Waals surface area contributed by atoms with Gasteiger partial charge in [0.1, 0.15) is 19.8 Å². The number of hydrogen-bond acceptors (Lipinski definition) is 7. The Kier molecular flexibility index (Phi) is 58.2. The van der Waals surface area contributed by atoms with E-state index in [2.05, 4.69) is 111 Å². The monoisotopic (exact) mass is 1140 g/mol. The molecule has 1 N–H and O–H groups in total. The Morgan fingerprint density at radius 1 is 0.400 bits per heavy atom. The molecule has 0 aromatic rings. The highest BCUT2D eigenvalue weighted by molar-refractivity contribution is 7.47. The fraction of sp³-hybridized carbons (Fsp3) is 0.743. The normalized spacial score (nSPS) is 13.8. The number of carbonyl (C=O) groups excluding carboxylic acids is 2. The van der Waals surface area contributed by atoms with E-state index in [1.54, 1.807) is 0 Å². The Morgan fingerprint density at radius 2 is 0.713 bits per heavy atom. The molecule has 0 aliphatic heterocycles. The maximum Gasteiger partial charge on any atom is 0.472 e. The van der Waals surface area contributed by atoms with Gasteiger partial charge in [0.2, 0.25) is 0 Å². The second-order valence-electron chi connectivity index (χ2n) is 23.1. The topological polar surface area (TPSA) is 108 Å². The van der Waals surface area contributed by atoms with Gasteiger partial charge in [-0.3, -0.25) is 18.6 Å². The lowest BCUT2D eigenvalue weighted by Crippen LogP contribution is -2.37. The molecule has 0 aliphatic rings. The van der Waals surface area contributed by atoms with Crippen LogP contribution in [-0.2, 0) is 32.7 Å². The number of nitrogens with zero attached hydrogens (tertiary/aromatic N) is 1. The third kappa shape index (κ3) is 64.1. The summed E-state index contributed by atoms with van der Waals surface area (Å²) in [6, 6.07) is 0. The van der Waals surface area contributed by atoms with E-state index >= 15 is 0 Å². The summed E-state index contributed by atoms with van der Waals surface area (Å²) in [4.78, 5) is 35.8. The molecule has 80 heavy (non-hydrogen) atoms. The first kappa shape index (κ1) is 76.9. The minimum absolute atomic E-state index is 0.0209. The van der Waals surface area contributed by atoms with Crippen LogP contribution in [0, 0.1) is 0 Å². The number of ether oxygens (including phenoxy) is 2. The quantitative estimate of drug-likeness (QED) is 0.0211. The van der Waals surface area contributed by atoms with Gasteiger partial charge in [0.05, 0.1) is 27.7 Å². The standard InChI is InChI=1S/C70H124NO8P/c1-6-8-10-12-14-16-18-20-22-24-26-28-30-32-33-34-35-36-37-39-40-42-44-46-48-50-52-54-56-58-60-62-69(72)76-66-68(67-78-80(74,75)77-65-64-71(3,4)5)79-70(73)63-61-59-57-55-53-51-49-47-45-43-41-38-31-29-27-25-23-21-19-17-15-13-11-9-7-2/h9,11,15,17,21,23-24,26-27,29,38,41,45,47,51,53,68H,6-8,10,12-14,16,18-20,22,25,28,30-37,39-40,42-44,46,48-50,52,54-67H2,1-5H3/p+1/b11-9-,17-15-,23-21-,26-24-,29-27-,41-38-,47-45-,53-51-. The van der Waals surface area contributed by atoms with E-state index in [-0.39, 0.29) is 32.0 Å². The van der Waals surface area contributed by atoms with Crippen molar-refractivity contribution in [2.75, 3.05) is 47.5 Å². The highest BCUT2D eigenvalue weighted by Gasteiger charge is 2.27. The fourth-order valence-electron chi connectivity index (χ4n) is 9.05. The van der Waals surface area contributed by atoms with Gasteiger partial charge in [-0.25, -0.2) is 4.57 Å². The Labute approximate surface area is 493 Å². The zero-order valence-corrected chi connectivity index (χ0v) is 53.4. The van der Waals surface area contributed by atoms with Crippen molar-refractivity contribution in [3.63, 3.8) is 0 Å². The van der Waals surface area contributed by atoms with Gasteiger partial charge in [-0.05, 0) is 96.3 Å². The first-order valence-electron chi connectivity index (χ1n) is 33.0. The second-order valence-corrected chi connectivity index (χ2v) is 24.6. The Hall–Kier alpha value is -3.07. The van der Waals surface area contributed by atoms with Crippen LogP contribution in [0.15, 0.2) is 97.2 Å². The Balaban J connectivity index is 4.12. The molecular weight excluding hydrogens is 1010 g/mol. The number of phosphoric ester groups is 1. The molecule has 0 heterocycles. The van der Waals surface area contributed by atoms with E-state index in [4.69, 9.17) is 18.5 Å². The molecule has 10 heteroatoms. The van der Waals surface area contributed by atoms with Gasteiger partial charge in [-0.2, -0.15) is 0 Å².